The maximum Gasteiger partial charge on any atom is 0.0666 e. The summed E-state index contributed by atoms with van der Waals surface area (Å²) < 4.78 is 5.91. The second-order valence-corrected chi connectivity index (χ2v) is 6.38. The number of likely N-dealkylation sites (N-methyl/N-ethyl adjacent to an activating group) is 1. The smallest absolute Gasteiger partial charge is 0.0666 e. The minimum Gasteiger partial charge on any atom is -0.375 e. The predicted molar refractivity (Wildman–Crippen MR) is 75.9 cm³/mol. The van der Waals surface area contributed by atoms with Gasteiger partial charge in [-0.2, -0.15) is 0 Å². The zero-order valence-corrected chi connectivity index (χ0v) is 12.4. The number of likely N-dealkylation sites (tertiary alicyclic amines) is 1. The van der Waals surface area contributed by atoms with Crippen molar-refractivity contribution >= 4 is 0 Å². The Hall–Kier alpha value is -0.120. The van der Waals surface area contributed by atoms with Gasteiger partial charge >= 0.3 is 0 Å². The van der Waals surface area contributed by atoms with Gasteiger partial charge < -0.3 is 15.0 Å². The van der Waals surface area contributed by atoms with Crippen LogP contribution in [-0.4, -0.2) is 49.3 Å². The number of hydrogen-bond acceptors (Lipinski definition) is 3. The van der Waals surface area contributed by atoms with Crippen molar-refractivity contribution in [2.24, 2.45) is 0 Å². The standard InChI is InChI=1S/C15H30N2O/c1-4-15(2)11-13(8-10-18-15)16-12-14-7-5-6-9-17(14)3/h13-14,16H,4-12H2,1-3H3. The van der Waals surface area contributed by atoms with E-state index in [1.165, 1.54) is 38.6 Å². The fourth-order valence-corrected chi connectivity index (χ4v) is 3.26. The summed E-state index contributed by atoms with van der Waals surface area (Å²) in [5.41, 5.74) is 0.106. The Kier molecular flexibility index (Phi) is 5.05. The van der Waals surface area contributed by atoms with Gasteiger partial charge in [0.1, 0.15) is 0 Å². The lowest BCUT2D eigenvalue weighted by Gasteiger charge is -2.40. The molecule has 3 atom stereocenters. The lowest BCUT2D eigenvalue weighted by molar-refractivity contribution is -0.0784. The molecule has 2 heterocycles. The van der Waals surface area contributed by atoms with Crippen LogP contribution in [0.3, 0.4) is 0 Å². The number of rotatable bonds is 4. The molecule has 2 aliphatic heterocycles. The normalized spacial score (nSPS) is 38.8. The molecule has 18 heavy (non-hydrogen) atoms. The van der Waals surface area contributed by atoms with Gasteiger partial charge in [-0.25, -0.2) is 0 Å². The van der Waals surface area contributed by atoms with Gasteiger partial charge in [0.25, 0.3) is 0 Å². The van der Waals surface area contributed by atoms with Gasteiger partial charge in [-0.05, 0) is 52.6 Å². The van der Waals surface area contributed by atoms with E-state index in [9.17, 15) is 0 Å². The maximum absolute atomic E-state index is 5.91. The molecule has 3 heteroatoms. The SMILES string of the molecule is CCC1(C)CC(NCC2CCCCN2C)CCO1. The number of ether oxygens (including phenoxy) is 1. The molecule has 0 aliphatic carbocycles. The van der Waals surface area contributed by atoms with Crippen molar-refractivity contribution < 1.29 is 4.74 Å². The summed E-state index contributed by atoms with van der Waals surface area (Å²) in [6, 6.07) is 1.40. The Morgan fingerprint density at radius 3 is 2.89 bits per heavy atom. The van der Waals surface area contributed by atoms with Crippen LogP contribution in [0.1, 0.15) is 52.4 Å². The first kappa shape index (κ1) is 14.3. The van der Waals surface area contributed by atoms with E-state index >= 15 is 0 Å². The second-order valence-electron chi connectivity index (χ2n) is 6.38. The zero-order valence-electron chi connectivity index (χ0n) is 12.4. The van der Waals surface area contributed by atoms with Crippen molar-refractivity contribution in [3.8, 4) is 0 Å². The lowest BCUT2D eigenvalue weighted by atomic mass is 9.89. The van der Waals surface area contributed by atoms with Crippen molar-refractivity contribution in [3.05, 3.63) is 0 Å². The summed E-state index contributed by atoms with van der Waals surface area (Å²) in [6.45, 7) is 7.83. The molecule has 3 nitrogen and oxygen atoms in total. The quantitative estimate of drug-likeness (QED) is 0.834. The average Bonchev–Trinajstić information content (AvgIpc) is 2.38. The van der Waals surface area contributed by atoms with Gasteiger partial charge in [-0.15, -0.1) is 0 Å². The minimum absolute atomic E-state index is 0.106. The van der Waals surface area contributed by atoms with E-state index in [2.05, 4.69) is 31.1 Å². The molecule has 0 aromatic heterocycles. The monoisotopic (exact) mass is 254 g/mol. The van der Waals surface area contributed by atoms with E-state index in [0.29, 0.717) is 6.04 Å². The molecule has 0 radical (unpaired) electrons. The summed E-state index contributed by atoms with van der Waals surface area (Å²) in [7, 11) is 2.27. The molecular formula is C15H30N2O. The van der Waals surface area contributed by atoms with E-state index in [0.717, 1.165) is 25.6 Å². The highest BCUT2D eigenvalue weighted by molar-refractivity contribution is 4.87. The molecule has 0 saturated carbocycles. The summed E-state index contributed by atoms with van der Waals surface area (Å²) in [4.78, 5) is 2.52. The van der Waals surface area contributed by atoms with Crippen LogP contribution in [0.5, 0.6) is 0 Å². The van der Waals surface area contributed by atoms with Crippen molar-refractivity contribution in [2.75, 3.05) is 26.7 Å². The van der Waals surface area contributed by atoms with E-state index in [4.69, 9.17) is 4.74 Å². The molecule has 2 fully saturated rings. The number of hydrogen-bond donors (Lipinski definition) is 1. The van der Waals surface area contributed by atoms with Gasteiger partial charge in [0.2, 0.25) is 0 Å². The third-order valence-corrected chi connectivity index (χ3v) is 4.91. The third kappa shape index (κ3) is 3.69. The van der Waals surface area contributed by atoms with Crippen molar-refractivity contribution in [3.63, 3.8) is 0 Å². The first-order valence-corrected chi connectivity index (χ1v) is 7.70. The molecule has 2 aliphatic rings. The van der Waals surface area contributed by atoms with Crippen LogP contribution in [0, 0.1) is 0 Å². The van der Waals surface area contributed by atoms with E-state index < -0.39 is 0 Å². The van der Waals surface area contributed by atoms with Crippen LogP contribution in [0.2, 0.25) is 0 Å². The van der Waals surface area contributed by atoms with E-state index in [1.54, 1.807) is 0 Å². The van der Waals surface area contributed by atoms with Gasteiger partial charge in [-0.3, -0.25) is 0 Å². The Bertz CT molecular complexity index is 259. The van der Waals surface area contributed by atoms with Gasteiger partial charge in [0.05, 0.1) is 5.60 Å². The zero-order chi connectivity index (χ0) is 13.0. The summed E-state index contributed by atoms with van der Waals surface area (Å²) >= 11 is 0. The highest BCUT2D eigenvalue weighted by Gasteiger charge is 2.31. The molecule has 106 valence electrons. The molecule has 0 amide bonds. The number of piperidine rings is 1. The Morgan fingerprint density at radius 1 is 1.33 bits per heavy atom. The molecular weight excluding hydrogens is 224 g/mol. The molecule has 0 aromatic carbocycles. The highest BCUT2D eigenvalue weighted by Crippen LogP contribution is 2.27. The Labute approximate surface area is 112 Å². The largest absolute Gasteiger partial charge is 0.375 e. The Balaban J connectivity index is 1.75. The fraction of sp³-hybridized carbons (Fsp3) is 1.00. The Morgan fingerprint density at radius 2 is 2.17 bits per heavy atom. The average molecular weight is 254 g/mol. The van der Waals surface area contributed by atoms with Crippen molar-refractivity contribution in [1.29, 1.82) is 0 Å². The van der Waals surface area contributed by atoms with E-state index in [1.807, 2.05) is 0 Å². The molecule has 1 N–H and O–H groups in total. The van der Waals surface area contributed by atoms with Gasteiger partial charge in [-0.1, -0.05) is 13.3 Å². The molecule has 2 rings (SSSR count). The fourth-order valence-electron chi connectivity index (χ4n) is 3.26. The van der Waals surface area contributed by atoms with Crippen LogP contribution >= 0.6 is 0 Å². The highest BCUT2D eigenvalue weighted by atomic mass is 16.5. The molecule has 0 bridgehead atoms. The molecule has 0 spiro atoms. The summed E-state index contributed by atoms with van der Waals surface area (Å²) in [5.74, 6) is 0. The third-order valence-electron chi connectivity index (χ3n) is 4.91. The van der Waals surface area contributed by atoms with Crippen molar-refractivity contribution in [2.45, 2.75) is 70.1 Å². The number of nitrogens with one attached hydrogen (secondary N) is 1. The van der Waals surface area contributed by atoms with Crippen molar-refractivity contribution in [1.82, 2.24) is 10.2 Å². The molecule has 2 saturated heterocycles. The van der Waals surface area contributed by atoms with Crippen LogP contribution in [0.15, 0.2) is 0 Å². The van der Waals surface area contributed by atoms with Gasteiger partial charge in [0, 0.05) is 25.2 Å². The van der Waals surface area contributed by atoms with Crippen LogP contribution in [0.25, 0.3) is 0 Å². The van der Waals surface area contributed by atoms with E-state index in [-0.39, 0.29) is 5.60 Å². The summed E-state index contributed by atoms with van der Waals surface area (Å²) in [5, 5.41) is 3.79. The first-order valence-electron chi connectivity index (χ1n) is 7.70. The maximum atomic E-state index is 5.91. The number of nitrogens with zero attached hydrogens (tertiary/aromatic N) is 1. The van der Waals surface area contributed by atoms with Crippen LogP contribution in [-0.2, 0) is 4.74 Å². The molecule has 0 aromatic rings. The lowest BCUT2D eigenvalue weighted by Crippen LogP contribution is -2.50. The minimum atomic E-state index is 0.106. The molecule has 3 unspecified atom stereocenters. The van der Waals surface area contributed by atoms with Crippen LogP contribution < -0.4 is 5.32 Å². The first-order chi connectivity index (χ1) is 8.63. The topological polar surface area (TPSA) is 24.5 Å². The summed E-state index contributed by atoms with van der Waals surface area (Å²) in [6.07, 6.45) is 7.59. The second kappa shape index (κ2) is 6.36. The predicted octanol–water partition coefficient (Wildman–Crippen LogP) is 2.41. The van der Waals surface area contributed by atoms with Crippen LogP contribution in [0.4, 0.5) is 0 Å². The van der Waals surface area contributed by atoms with Gasteiger partial charge in [0.15, 0.2) is 0 Å².